The van der Waals surface area contributed by atoms with Gasteiger partial charge < -0.3 is 15.4 Å². The van der Waals surface area contributed by atoms with E-state index in [9.17, 15) is 9.59 Å². The normalized spacial score (nSPS) is 9.53. The molecule has 0 atom stereocenters. The summed E-state index contributed by atoms with van der Waals surface area (Å²) in [6.07, 6.45) is -0.623. The first kappa shape index (κ1) is 13.3. The summed E-state index contributed by atoms with van der Waals surface area (Å²) in [5.74, 6) is -0.369. The summed E-state index contributed by atoms with van der Waals surface area (Å²) in [5.41, 5.74) is 0.504. The van der Waals surface area contributed by atoms with Crippen molar-refractivity contribution >= 4 is 29.3 Å². The van der Waals surface area contributed by atoms with E-state index in [0.29, 0.717) is 10.7 Å². The van der Waals surface area contributed by atoms with Crippen LogP contribution in [0.2, 0.25) is 5.02 Å². The first-order valence-corrected chi connectivity index (χ1v) is 5.46. The average molecular weight is 257 g/mol. The number of carbonyl (C=O) groups excluding carboxylic acids is 2. The molecule has 0 unspecified atom stereocenters. The smallest absolute Gasteiger partial charge is 0.407 e. The van der Waals surface area contributed by atoms with Crippen LogP contribution in [-0.2, 0) is 9.53 Å². The van der Waals surface area contributed by atoms with Gasteiger partial charge in [0.2, 0.25) is 5.91 Å². The second-order valence-corrected chi connectivity index (χ2v) is 3.51. The third-order valence-corrected chi connectivity index (χ3v) is 2.15. The van der Waals surface area contributed by atoms with Crippen molar-refractivity contribution in [2.24, 2.45) is 0 Å². The van der Waals surface area contributed by atoms with Gasteiger partial charge in [0.25, 0.3) is 0 Å². The fraction of sp³-hybridized carbons (Fsp3) is 0.273. The third-order valence-electron chi connectivity index (χ3n) is 1.82. The Balaban J connectivity index is 2.40. The minimum Gasteiger partial charge on any atom is -0.450 e. The van der Waals surface area contributed by atoms with Crippen LogP contribution in [0.4, 0.5) is 10.5 Å². The van der Waals surface area contributed by atoms with Crippen LogP contribution in [0.3, 0.4) is 0 Å². The van der Waals surface area contributed by atoms with Gasteiger partial charge in [-0.1, -0.05) is 23.7 Å². The molecule has 0 saturated carbocycles. The SMILES string of the molecule is CCOC(=O)NCC(=O)Nc1ccccc1Cl. The fourth-order valence-corrected chi connectivity index (χ4v) is 1.27. The minimum atomic E-state index is -0.623. The molecule has 0 bridgehead atoms. The molecule has 5 nitrogen and oxygen atoms in total. The van der Waals surface area contributed by atoms with Gasteiger partial charge in [0, 0.05) is 0 Å². The Morgan fingerprint density at radius 2 is 2.06 bits per heavy atom. The number of alkyl carbamates (subject to hydrolysis) is 1. The van der Waals surface area contributed by atoms with Crippen molar-refractivity contribution in [1.29, 1.82) is 0 Å². The highest BCUT2D eigenvalue weighted by molar-refractivity contribution is 6.33. The predicted octanol–water partition coefficient (Wildman–Crippen LogP) is 2.02. The zero-order valence-electron chi connectivity index (χ0n) is 9.33. The number of para-hydroxylation sites is 1. The molecule has 0 aliphatic carbocycles. The van der Waals surface area contributed by atoms with Crippen molar-refractivity contribution in [3.05, 3.63) is 29.3 Å². The highest BCUT2D eigenvalue weighted by Gasteiger charge is 2.07. The number of amides is 2. The summed E-state index contributed by atoms with van der Waals surface area (Å²) in [6.45, 7) is 1.78. The van der Waals surface area contributed by atoms with Gasteiger partial charge in [-0.15, -0.1) is 0 Å². The van der Waals surface area contributed by atoms with Crippen LogP contribution < -0.4 is 10.6 Å². The Hall–Kier alpha value is -1.75. The number of hydrogen-bond acceptors (Lipinski definition) is 3. The van der Waals surface area contributed by atoms with E-state index >= 15 is 0 Å². The number of halogens is 1. The van der Waals surface area contributed by atoms with Gasteiger partial charge >= 0.3 is 6.09 Å². The van der Waals surface area contributed by atoms with E-state index in [2.05, 4.69) is 15.4 Å². The molecule has 17 heavy (non-hydrogen) atoms. The molecule has 0 saturated heterocycles. The largest absolute Gasteiger partial charge is 0.450 e. The molecule has 0 aromatic heterocycles. The molecule has 1 aromatic rings. The Bertz CT molecular complexity index is 409. The maximum atomic E-state index is 11.4. The fourth-order valence-electron chi connectivity index (χ4n) is 1.09. The van der Waals surface area contributed by atoms with Crippen molar-refractivity contribution in [2.45, 2.75) is 6.92 Å². The maximum Gasteiger partial charge on any atom is 0.407 e. The molecule has 92 valence electrons. The van der Waals surface area contributed by atoms with E-state index in [4.69, 9.17) is 11.6 Å². The topological polar surface area (TPSA) is 67.4 Å². The zero-order chi connectivity index (χ0) is 12.7. The number of benzene rings is 1. The predicted molar refractivity (Wildman–Crippen MR) is 65.1 cm³/mol. The summed E-state index contributed by atoms with van der Waals surface area (Å²) in [5, 5.41) is 5.31. The molecule has 0 aliphatic heterocycles. The number of anilines is 1. The van der Waals surface area contributed by atoms with Crippen LogP contribution in [0.25, 0.3) is 0 Å². The Labute approximate surface area is 104 Å². The van der Waals surface area contributed by atoms with Gasteiger partial charge in [-0.3, -0.25) is 4.79 Å². The van der Waals surface area contributed by atoms with Crippen molar-refractivity contribution in [3.8, 4) is 0 Å². The Morgan fingerprint density at radius 1 is 1.35 bits per heavy atom. The summed E-state index contributed by atoms with van der Waals surface area (Å²) in [7, 11) is 0. The highest BCUT2D eigenvalue weighted by atomic mass is 35.5. The molecule has 1 aromatic carbocycles. The van der Waals surface area contributed by atoms with Gasteiger partial charge in [0.05, 0.1) is 17.3 Å². The molecule has 1 rings (SSSR count). The first-order valence-electron chi connectivity index (χ1n) is 5.08. The lowest BCUT2D eigenvalue weighted by Gasteiger charge is -2.07. The number of hydrogen-bond donors (Lipinski definition) is 2. The van der Waals surface area contributed by atoms with E-state index in [0.717, 1.165) is 0 Å². The standard InChI is InChI=1S/C11H13ClN2O3/c1-2-17-11(16)13-7-10(15)14-9-6-4-3-5-8(9)12/h3-6H,2,7H2,1H3,(H,13,16)(H,14,15). The second-order valence-electron chi connectivity index (χ2n) is 3.10. The molecule has 0 aliphatic rings. The van der Waals surface area contributed by atoms with Crippen LogP contribution in [-0.4, -0.2) is 25.2 Å². The lowest BCUT2D eigenvalue weighted by Crippen LogP contribution is -2.33. The van der Waals surface area contributed by atoms with Gasteiger partial charge in [-0.05, 0) is 19.1 Å². The number of nitrogens with one attached hydrogen (secondary N) is 2. The van der Waals surface area contributed by atoms with Crippen LogP contribution in [0.15, 0.2) is 24.3 Å². The summed E-state index contributed by atoms with van der Waals surface area (Å²) in [4.78, 5) is 22.4. The van der Waals surface area contributed by atoms with Crippen LogP contribution >= 0.6 is 11.6 Å². The van der Waals surface area contributed by atoms with Crippen molar-refractivity contribution in [3.63, 3.8) is 0 Å². The van der Waals surface area contributed by atoms with E-state index in [1.54, 1.807) is 31.2 Å². The van der Waals surface area contributed by atoms with Crippen molar-refractivity contribution in [1.82, 2.24) is 5.32 Å². The Morgan fingerprint density at radius 3 is 2.71 bits per heavy atom. The van der Waals surface area contributed by atoms with Gasteiger partial charge in [-0.25, -0.2) is 4.79 Å². The Kier molecular flexibility index (Phi) is 5.29. The number of ether oxygens (including phenoxy) is 1. The number of carbonyl (C=O) groups is 2. The molecule has 6 heteroatoms. The van der Waals surface area contributed by atoms with E-state index in [-0.39, 0.29) is 19.1 Å². The first-order chi connectivity index (χ1) is 8.13. The molecule has 0 spiro atoms. The molecule has 2 N–H and O–H groups in total. The summed E-state index contributed by atoms with van der Waals surface area (Å²) in [6, 6.07) is 6.84. The molecular formula is C11H13ClN2O3. The van der Waals surface area contributed by atoms with Crippen molar-refractivity contribution < 1.29 is 14.3 Å². The van der Waals surface area contributed by atoms with Gasteiger partial charge in [-0.2, -0.15) is 0 Å². The minimum absolute atomic E-state index is 0.163. The van der Waals surface area contributed by atoms with Gasteiger partial charge in [0.1, 0.15) is 6.54 Å². The average Bonchev–Trinajstić information content (AvgIpc) is 2.30. The molecule has 0 heterocycles. The van der Waals surface area contributed by atoms with Gasteiger partial charge in [0.15, 0.2) is 0 Å². The molecule has 2 amide bonds. The number of rotatable bonds is 4. The summed E-state index contributed by atoms with van der Waals surface area (Å²) < 4.78 is 4.61. The van der Waals surface area contributed by atoms with Crippen molar-refractivity contribution in [2.75, 3.05) is 18.5 Å². The summed E-state index contributed by atoms with van der Waals surface area (Å²) >= 11 is 5.85. The quantitative estimate of drug-likeness (QED) is 0.866. The van der Waals surface area contributed by atoms with Crippen LogP contribution in [0.1, 0.15) is 6.92 Å². The van der Waals surface area contributed by atoms with Crippen LogP contribution in [0.5, 0.6) is 0 Å². The van der Waals surface area contributed by atoms with Crippen LogP contribution in [0, 0.1) is 0 Å². The van der Waals surface area contributed by atoms with E-state index in [1.807, 2.05) is 0 Å². The molecule has 0 fully saturated rings. The third kappa shape index (κ3) is 4.74. The highest BCUT2D eigenvalue weighted by Crippen LogP contribution is 2.19. The zero-order valence-corrected chi connectivity index (χ0v) is 10.1. The maximum absolute atomic E-state index is 11.4. The van der Waals surface area contributed by atoms with E-state index < -0.39 is 6.09 Å². The van der Waals surface area contributed by atoms with E-state index in [1.165, 1.54) is 0 Å². The lowest BCUT2D eigenvalue weighted by molar-refractivity contribution is -0.115. The second kappa shape index (κ2) is 6.75. The molecular weight excluding hydrogens is 244 g/mol. The monoisotopic (exact) mass is 256 g/mol. The molecule has 0 radical (unpaired) electrons. The lowest BCUT2D eigenvalue weighted by atomic mass is 10.3.